The molecule has 1 aromatic carbocycles. The van der Waals surface area contributed by atoms with E-state index in [4.69, 9.17) is 15.2 Å². The lowest BCUT2D eigenvalue weighted by atomic mass is 10.3. The Morgan fingerprint density at radius 3 is 2.62 bits per heavy atom. The molecule has 16 heavy (non-hydrogen) atoms. The van der Waals surface area contributed by atoms with Gasteiger partial charge in [0.1, 0.15) is 0 Å². The van der Waals surface area contributed by atoms with Crippen LogP contribution in [0.2, 0.25) is 0 Å². The van der Waals surface area contributed by atoms with Gasteiger partial charge in [-0.2, -0.15) is 0 Å². The molecule has 86 valence electrons. The van der Waals surface area contributed by atoms with Gasteiger partial charge in [-0.3, -0.25) is 4.90 Å². The maximum atomic E-state index is 11.4. The van der Waals surface area contributed by atoms with E-state index in [-0.39, 0.29) is 0 Å². The van der Waals surface area contributed by atoms with Crippen LogP contribution in [0.25, 0.3) is 0 Å². The topological polar surface area (TPSA) is 64.8 Å². The van der Waals surface area contributed by atoms with Gasteiger partial charge in [0.05, 0.1) is 19.8 Å². The molecule has 0 aromatic heterocycles. The fourth-order valence-corrected chi connectivity index (χ4v) is 1.65. The van der Waals surface area contributed by atoms with Crippen LogP contribution in [-0.2, 0) is 9.47 Å². The molecule has 2 amide bonds. The van der Waals surface area contributed by atoms with E-state index in [0.717, 1.165) is 0 Å². The molecule has 1 aliphatic heterocycles. The molecule has 0 spiro atoms. The summed E-state index contributed by atoms with van der Waals surface area (Å²) < 4.78 is 10.7. The van der Waals surface area contributed by atoms with Gasteiger partial charge >= 0.3 is 6.03 Å². The standard InChI is InChI=1S/C11H14N2O3/c12-11(14)13(9-4-2-1-3-5-9)10-8-15-6-7-16-10/h1-5,10H,6-8H2,(H2,12,14). The highest BCUT2D eigenvalue weighted by molar-refractivity contribution is 5.91. The fraction of sp³-hybridized carbons (Fsp3) is 0.364. The Balaban J connectivity index is 2.20. The Bertz CT molecular complexity index is 350. The molecule has 0 saturated carbocycles. The van der Waals surface area contributed by atoms with Gasteiger partial charge < -0.3 is 15.2 Å². The number of para-hydroxylation sites is 1. The van der Waals surface area contributed by atoms with E-state index in [1.165, 1.54) is 4.90 Å². The molecule has 1 aromatic rings. The Hall–Kier alpha value is -1.59. The molecule has 0 radical (unpaired) electrons. The number of carbonyl (C=O) groups is 1. The summed E-state index contributed by atoms with van der Waals surface area (Å²) in [7, 11) is 0. The number of urea groups is 1. The minimum Gasteiger partial charge on any atom is -0.374 e. The van der Waals surface area contributed by atoms with Crippen molar-refractivity contribution in [3.63, 3.8) is 0 Å². The summed E-state index contributed by atoms with van der Waals surface area (Å²) in [6, 6.07) is 8.64. The zero-order valence-electron chi connectivity index (χ0n) is 8.83. The van der Waals surface area contributed by atoms with Crippen LogP contribution in [0.3, 0.4) is 0 Å². The van der Waals surface area contributed by atoms with Gasteiger partial charge in [0.25, 0.3) is 0 Å². The number of carbonyl (C=O) groups excluding carboxylic acids is 1. The fourth-order valence-electron chi connectivity index (χ4n) is 1.65. The minimum absolute atomic E-state index is 0.345. The van der Waals surface area contributed by atoms with Gasteiger partial charge in [-0.05, 0) is 12.1 Å². The second-order valence-corrected chi connectivity index (χ2v) is 3.44. The number of hydrogen-bond donors (Lipinski definition) is 1. The minimum atomic E-state index is -0.540. The van der Waals surface area contributed by atoms with Gasteiger partial charge in [0.15, 0.2) is 6.23 Å². The molecular weight excluding hydrogens is 208 g/mol. The van der Waals surface area contributed by atoms with Gasteiger partial charge in [-0.1, -0.05) is 18.2 Å². The third-order valence-electron chi connectivity index (χ3n) is 2.36. The summed E-state index contributed by atoms with van der Waals surface area (Å²) in [6.07, 6.45) is -0.436. The summed E-state index contributed by atoms with van der Waals surface area (Å²) in [5.74, 6) is 0. The van der Waals surface area contributed by atoms with Gasteiger partial charge in [0, 0.05) is 5.69 Å². The number of benzene rings is 1. The lowest BCUT2D eigenvalue weighted by Crippen LogP contribution is -2.50. The normalized spacial score (nSPS) is 20.4. The van der Waals surface area contributed by atoms with Gasteiger partial charge in [0.2, 0.25) is 0 Å². The molecule has 0 bridgehead atoms. The quantitative estimate of drug-likeness (QED) is 0.810. The lowest BCUT2D eigenvalue weighted by Gasteiger charge is -2.32. The largest absolute Gasteiger partial charge is 0.374 e. The Labute approximate surface area is 93.7 Å². The van der Waals surface area contributed by atoms with Crippen LogP contribution in [0, 0.1) is 0 Å². The van der Waals surface area contributed by atoms with E-state index in [9.17, 15) is 4.79 Å². The molecule has 0 aliphatic carbocycles. The van der Waals surface area contributed by atoms with Crippen LogP contribution in [0.5, 0.6) is 0 Å². The second kappa shape index (κ2) is 4.96. The number of ether oxygens (including phenoxy) is 2. The highest BCUT2D eigenvalue weighted by Crippen LogP contribution is 2.18. The maximum absolute atomic E-state index is 11.4. The predicted octanol–water partition coefficient (Wildman–Crippen LogP) is 0.945. The lowest BCUT2D eigenvalue weighted by molar-refractivity contribution is -0.0846. The van der Waals surface area contributed by atoms with Crippen molar-refractivity contribution < 1.29 is 14.3 Å². The average molecular weight is 222 g/mol. The van der Waals surface area contributed by atoms with Crippen LogP contribution in [0.4, 0.5) is 10.5 Å². The van der Waals surface area contributed by atoms with E-state index < -0.39 is 12.3 Å². The number of rotatable bonds is 2. The van der Waals surface area contributed by atoms with Crippen molar-refractivity contribution in [2.24, 2.45) is 5.73 Å². The highest BCUT2D eigenvalue weighted by Gasteiger charge is 2.26. The van der Waals surface area contributed by atoms with Crippen LogP contribution in [-0.4, -0.2) is 32.1 Å². The SMILES string of the molecule is NC(=O)N(c1ccccc1)C1COCCO1. The maximum Gasteiger partial charge on any atom is 0.321 e. The van der Waals surface area contributed by atoms with Crippen molar-refractivity contribution in [1.29, 1.82) is 0 Å². The van der Waals surface area contributed by atoms with Crippen molar-refractivity contribution in [2.75, 3.05) is 24.7 Å². The molecule has 1 unspecified atom stereocenters. The Morgan fingerprint density at radius 2 is 2.06 bits per heavy atom. The summed E-state index contributed by atoms with van der Waals surface area (Å²) in [5.41, 5.74) is 6.06. The first kappa shape index (κ1) is 10.9. The molecule has 1 aliphatic rings. The van der Waals surface area contributed by atoms with Crippen molar-refractivity contribution in [3.8, 4) is 0 Å². The van der Waals surface area contributed by atoms with Crippen LogP contribution in [0.15, 0.2) is 30.3 Å². The van der Waals surface area contributed by atoms with Crippen molar-refractivity contribution in [3.05, 3.63) is 30.3 Å². The molecule has 5 heteroatoms. The molecular formula is C11H14N2O3. The van der Waals surface area contributed by atoms with E-state index >= 15 is 0 Å². The average Bonchev–Trinajstić information content (AvgIpc) is 2.31. The van der Waals surface area contributed by atoms with Crippen LogP contribution >= 0.6 is 0 Å². The monoisotopic (exact) mass is 222 g/mol. The molecule has 1 atom stereocenters. The van der Waals surface area contributed by atoms with Crippen LogP contribution < -0.4 is 10.6 Å². The number of amides is 2. The number of nitrogens with two attached hydrogens (primary N) is 1. The zero-order chi connectivity index (χ0) is 11.4. The van der Waals surface area contributed by atoms with Gasteiger partial charge in [-0.15, -0.1) is 0 Å². The first-order chi connectivity index (χ1) is 7.79. The molecule has 1 heterocycles. The second-order valence-electron chi connectivity index (χ2n) is 3.44. The summed E-state index contributed by atoms with van der Waals surface area (Å²) in [6.45, 7) is 1.37. The molecule has 2 rings (SSSR count). The summed E-state index contributed by atoms with van der Waals surface area (Å²) in [4.78, 5) is 12.8. The zero-order valence-corrected chi connectivity index (χ0v) is 8.83. The first-order valence-corrected chi connectivity index (χ1v) is 5.12. The molecule has 1 saturated heterocycles. The third kappa shape index (κ3) is 2.32. The number of hydrogen-bond acceptors (Lipinski definition) is 3. The number of anilines is 1. The van der Waals surface area contributed by atoms with Crippen molar-refractivity contribution in [1.82, 2.24) is 0 Å². The van der Waals surface area contributed by atoms with E-state index in [2.05, 4.69) is 0 Å². The van der Waals surface area contributed by atoms with Crippen molar-refractivity contribution >= 4 is 11.7 Å². The van der Waals surface area contributed by atoms with Crippen LogP contribution in [0.1, 0.15) is 0 Å². The Kier molecular flexibility index (Phi) is 3.38. The molecule has 5 nitrogen and oxygen atoms in total. The molecule has 2 N–H and O–H groups in total. The Morgan fingerprint density at radius 1 is 1.31 bits per heavy atom. The smallest absolute Gasteiger partial charge is 0.321 e. The first-order valence-electron chi connectivity index (χ1n) is 5.12. The highest BCUT2D eigenvalue weighted by atomic mass is 16.6. The summed E-state index contributed by atoms with van der Waals surface area (Å²) in [5, 5.41) is 0. The summed E-state index contributed by atoms with van der Waals surface area (Å²) >= 11 is 0. The van der Waals surface area contributed by atoms with E-state index in [1.54, 1.807) is 0 Å². The predicted molar refractivity (Wildman–Crippen MR) is 59.1 cm³/mol. The number of primary amides is 1. The van der Waals surface area contributed by atoms with Crippen molar-refractivity contribution in [2.45, 2.75) is 6.23 Å². The molecule has 1 fully saturated rings. The number of nitrogens with zero attached hydrogens (tertiary/aromatic N) is 1. The van der Waals surface area contributed by atoms with E-state index in [1.807, 2.05) is 30.3 Å². The van der Waals surface area contributed by atoms with Gasteiger partial charge in [-0.25, -0.2) is 4.79 Å². The third-order valence-corrected chi connectivity index (χ3v) is 2.36. The van der Waals surface area contributed by atoms with E-state index in [0.29, 0.717) is 25.5 Å².